The Morgan fingerprint density at radius 3 is 2.34 bits per heavy atom. The van der Waals surface area contributed by atoms with Crippen molar-refractivity contribution in [1.29, 1.82) is 0 Å². The Kier molecular flexibility index (Phi) is 13.5. The molecule has 1 aromatic rings. The quantitative estimate of drug-likeness (QED) is 0.283. The van der Waals surface area contributed by atoms with Crippen LogP contribution in [0.5, 0.6) is 0 Å². The number of rotatable bonds is 10. The molecule has 0 aromatic heterocycles. The van der Waals surface area contributed by atoms with Crippen LogP contribution < -0.4 is 10.6 Å². The number of aliphatic imine (C=N–C) groups is 1. The third-order valence-corrected chi connectivity index (χ3v) is 5.02. The molecule has 1 aliphatic rings. The maximum atomic E-state index is 5.51. The molecule has 2 N–H and O–H groups in total. The van der Waals surface area contributed by atoms with Gasteiger partial charge in [0.05, 0.1) is 26.4 Å². The van der Waals surface area contributed by atoms with E-state index in [1.54, 1.807) is 0 Å². The first-order valence-corrected chi connectivity index (χ1v) is 10.6. The van der Waals surface area contributed by atoms with Crippen LogP contribution in [0.3, 0.4) is 0 Å². The monoisotopic (exact) mass is 518 g/mol. The van der Waals surface area contributed by atoms with Crippen LogP contribution in [-0.4, -0.2) is 62.9 Å². The zero-order valence-electron chi connectivity index (χ0n) is 18.4. The van der Waals surface area contributed by atoms with Crippen molar-refractivity contribution < 1.29 is 9.47 Å². The van der Waals surface area contributed by atoms with Crippen molar-refractivity contribution in [1.82, 2.24) is 15.5 Å². The zero-order chi connectivity index (χ0) is 20.2. The van der Waals surface area contributed by atoms with E-state index in [4.69, 9.17) is 14.5 Å². The van der Waals surface area contributed by atoms with Gasteiger partial charge >= 0.3 is 0 Å². The number of guanidine groups is 1. The molecule has 1 heterocycles. The molecule has 0 amide bonds. The van der Waals surface area contributed by atoms with E-state index in [2.05, 4.69) is 60.6 Å². The van der Waals surface area contributed by atoms with Crippen LogP contribution in [0.2, 0.25) is 0 Å². The van der Waals surface area contributed by atoms with E-state index in [-0.39, 0.29) is 24.0 Å². The summed E-state index contributed by atoms with van der Waals surface area (Å²) in [5.41, 5.74) is 2.40. The Bertz CT molecular complexity index is 575. The Balaban J connectivity index is 0.00000420. The highest BCUT2D eigenvalue weighted by atomic mass is 127. The van der Waals surface area contributed by atoms with Crippen LogP contribution in [-0.2, 0) is 22.6 Å². The van der Waals surface area contributed by atoms with Gasteiger partial charge in [-0.25, -0.2) is 4.99 Å². The standard InChI is InChI=1S/C22H38N4O2.HI/c1-5-23-22(24-15-19-7-9-20(10-8-19)17-27-6-2)25-16-21(18(3)4)26-11-13-28-14-12-26;/h7-10,18,21H,5-6,11-17H2,1-4H3,(H2,23,24,25);1H. The largest absolute Gasteiger partial charge is 0.379 e. The maximum absolute atomic E-state index is 5.51. The van der Waals surface area contributed by atoms with Crippen molar-refractivity contribution >= 4 is 29.9 Å². The molecular weight excluding hydrogens is 479 g/mol. The third-order valence-electron chi connectivity index (χ3n) is 5.02. The molecule has 0 saturated carbocycles. The Labute approximate surface area is 193 Å². The van der Waals surface area contributed by atoms with E-state index < -0.39 is 0 Å². The summed E-state index contributed by atoms with van der Waals surface area (Å²) < 4.78 is 11.0. The highest BCUT2D eigenvalue weighted by Crippen LogP contribution is 2.12. The molecule has 0 radical (unpaired) electrons. The van der Waals surface area contributed by atoms with Gasteiger partial charge in [0.2, 0.25) is 0 Å². The molecular formula is C22H39IN4O2. The minimum atomic E-state index is 0. The zero-order valence-corrected chi connectivity index (χ0v) is 20.8. The number of ether oxygens (including phenoxy) is 2. The summed E-state index contributed by atoms with van der Waals surface area (Å²) in [6.45, 7) is 16.2. The second kappa shape index (κ2) is 15.0. The number of hydrogen-bond acceptors (Lipinski definition) is 4. The van der Waals surface area contributed by atoms with Gasteiger partial charge in [0, 0.05) is 38.8 Å². The molecule has 1 aromatic carbocycles. The van der Waals surface area contributed by atoms with Gasteiger partial charge in [-0.1, -0.05) is 38.1 Å². The summed E-state index contributed by atoms with van der Waals surface area (Å²) in [4.78, 5) is 7.30. The average molecular weight is 518 g/mol. The van der Waals surface area contributed by atoms with Crippen LogP contribution in [0.4, 0.5) is 0 Å². The van der Waals surface area contributed by atoms with Gasteiger partial charge in [0.25, 0.3) is 0 Å². The Hall–Kier alpha value is -0.900. The molecule has 1 saturated heterocycles. The van der Waals surface area contributed by atoms with Crippen molar-refractivity contribution in [3.63, 3.8) is 0 Å². The fraction of sp³-hybridized carbons (Fsp3) is 0.682. The number of nitrogens with one attached hydrogen (secondary N) is 2. The SMILES string of the molecule is CCNC(=NCc1ccc(COCC)cc1)NCC(C(C)C)N1CCOCC1.I. The smallest absolute Gasteiger partial charge is 0.191 e. The van der Waals surface area contributed by atoms with E-state index in [0.717, 1.165) is 52.0 Å². The molecule has 29 heavy (non-hydrogen) atoms. The fourth-order valence-corrected chi connectivity index (χ4v) is 3.37. The first-order valence-electron chi connectivity index (χ1n) is 10.6. The van der Waals surface area contributed by atoms with Gasteiger partial charge < -0.3 is 20.1 Å². The van der Waals surface area contributed by atoms with Crippen molar-refractivity contribution in [3.05, 3.63) is 35.4 Å². The molecule has 0 spiro atoms. The maximum Gasteiger partial charge on any atom is 0.191 e. The molecule has 7 heteroatoms. The Morgan fingerprint density at radius 1 is 1.10 bits per heavy atom. The molecule has 6 nitrogen and oxygen atoms in total. The highest BCUT2D eigenvalue weighted by Gasteiger charge is 2.23. The summed E-state index contributed by atoms with van der Waals surface area (Å²) in [6.07, 6.45) is 0. The van der Waals surface area contributed by atoms with Crippen molar-refractivity contribution in [2.24, 2.45) is 10.9 Å². The first kappa shape index (κ1) is 26.1. The molecule has 1 aliphatic heterocycles. The van der Waals surface area contributed by atoms with Crippen LogP contribution in [0.25, 0.3) is 0 Å². The summed E-state index contributed by atoms with van der Waals surface area (Å²) >= 11 is 0. The fourth-order valence-electron chi connectivity index (χ4n) is 3.37. The summed E-state index contributed by atoms with van der Waals surface area (Å²) in [5.74, 6) is 1.45. The van der Waals surface area contributed by atoms with Gasteiger partial charge in [-0.2, -0.15) is 0 Å². The van der Waals surface area contributed by atoms with Crippen molar-refractivity contribution in [3.8, 4) is 0 Å². The number of hydrogen-bond donors (Lipinski definition) is 2. The first-order chi connectivity index (χ1) is 13.6. The van der Waals surface area contributed by atoms with Crippen LogP contribution in [0.1, 0.15) is 38.8 Å². The van der Waals surface area contributed by atoms with Gasteiger partial charge in [0.15, 0.2) is 5.96 Å². The summed E-state index contributed by atoms with van der Waals surface area (Å²) in [5, 5.41) is 6.91. The minimum Gasteiger partial charge on any atom is -0.379 e. The molecule has 2 rings (SSSR count). The predicted octanol–water partition coefficient (Wildman–Crippen LogP) is 3.25. The van der Waals surface area contributed by atoms with Crippen LogP contribution in [0, 0.1) is 5.92 Å². The van der Waals surface area contributed by atoms with Crippen molar-refractivity contribution in [2.75, 3.05) is 46.0 Å². The second-order valence-electron chi connectivity index (χ2n) is 7.49. The lowest BCUT2D eigenvalue weighted by Crippen LogP contribution is -2.52. The number of benzene rings is 1. The molecule has 166 valence electrons. The number of morpholine rings is 1. The van der Waals surface area contributed by atoms with Crippen LogP contribution >= 0.6 is 24.0 Å². The lowest BCUT2D eigenvalue weighted by molar-refractivity contribution is 0.00752. The van der Waals surface area contributed by atoms with Gasteiger partial charge in [-0.15, -0.1) is 24.0 Å². The van der Waals surface area contributed by atoms with E-state index in [1.807, 2.05) is 6.92 Å². The molecule has 1 unspecified atom stereocenters. The van der Waals surface area contributed by atoms with E-state index in [1.165, 1.54) is 11.1 Å². The second-order valence-corrected chi connectivity index (χ2v) is 7.49. The van der Waals surface area contributed by atoms with Gasteiger partial charge in [-0.3, -0.25) is 4.90 Å². The van der Waals surface area contributed by atoms with Gasteiger partial charge in [-0.05, 0) is 30.9 Å². The molecule has 0 bridgehead atoms. The van der Waals surface area contributed by atoms with Gasteiger partial charge in [0.1, 0.15) is 0 Å². The molecule has 0 aliphatic carbocycles. The number of nitrogens with zero attached hydrogens (tertiary/aromatic N) is 2. The van der Waals surface area contributed by atoms with E-state index in [0.29, 0.717) is 25.1 Å². The van der Waals surface area contributed by atoms with Crippen molar-refractivity contribution in [2.45, 2.75) is 46.9 Å². The predicted molar refractivity (Wildman–Crippen MR) is 131 cm³/mol. The third kappa shape index (κ3) is 9.63. The summed E-state index contributed by atoms with van der Waals surface area (Å²) in [6, 6.07) is 8.98. The summed E-state index contributed by atoms with van der Waals surface area (Å²) in [7, 11) is 0. The van der Waals surface area contributed by atoms with E-state index in [9.17, 15) is 0 Å². The topological polar surface area (TPSA) is 58.1 Å². The molecule has 1 atom stereocenters. The minimum absolute atomic E-state index is 0. The average Bonchev–Trinajstić information content (AvgIpc) is 2.72. The Morgan fingerprint density at radius 2 is 1.76 bits per heavy atom. The van der Waals surface area contributed by atoms with Crippen LogP contribution in [0.15, 0.2) is 29.3 Å². The highest BCUT2D eigenvalue weighted by molar-refractivity contribution is 14.0. The van der Waals surface area contributed by atoms with E-state index >= 15 is 0 Å². The normalized spacial score (nSPS) is 16.4. The lowest BCUT2D eigenvalue weighted by Gasteiger charge is -2.37. The lowest BCUT2D eigenvalue weighted by atomic mass is 10.0. The molecule has 1 fully saturated rings. The number of halogens is 1.